The van der Waals surface area contributed by atoms with Gasteiger partial charge in [-0.15, -0.1) is 0 Å². The molecule has 2 aromatic rings. The Kier molecular flexibility index (Phi) is 7.55. The molecule has 146 valence electrons. The molecule has 7 heteroatoms. The molecule has 0 aliphatic heterocycles. The summed E-state index contributed by atoms with van der Waals surface area (Å²) in [6.07, 6.45) is 5.19. The number of amides is 2. The molecule has 1 aromatic heterocycles. The summed E-state index contributed by atoms with van der Waals surface area (Å²) >= 11 is 0. The monoisotopic (exact) mass is 372 g/mol. The Bertz CT molecular complexity index is 779. The minimum absolute atomic E-state index is 0.106. The second kappa shape index (κ2) is 9.87. The highest BCUT2D eigenvalue weighted by Gasteiger charge is 2.19. The smallest absolute Gasteiger partial charge is 0.253 e. The minimum Gasteiger partial charge on any atom is -0.366 e. The van der Waals surface area contributed by atoms with Crippen LogP contribution in [0.15, 0.2) is 30.6 Å². The molecule has 2 amide bonds. The van der Waals surface area contributed by atoms with Gasteiger partial charge >= 0.3 is 0 Å². The fourth-order valence-corrected chi connectivity index (χ4v) is 2.92. The van der Waals surface area contributed by atoms with Crippen LogP contribution in [0.5, 0.6) is 0 Å². The predicted molar refractivity (Wildman–Crippen MR) is 104 cm³/mol. The van der Waals surface area contributed by atoms with Gasteiger partial charge in [-0.05, 0) is 38.0 Å². The standard InChI is InChI=1S/C20H28N4O3/c1-4-8-23(9-5-2)20(26)17-12-15(18(21)25)11-16(13-17)19-22-7-10-24(19)14-27-6-3/h7,10-13H,4-6,8-9,14H2,1-3H3,(H2,21,25). The topological polar surface area (TPSA) is 90.5 Å². The van der Waals surface area contributed by atoms with E-state index in [1.54, 1.807) is 35.5 Å². The molecule has 0 saturated carbocycles. The highest BCUT2D eigenvalue weighted by atomic mass is 16.5. The molecule has 0 unspecified atom stereocenters. The maximum atomic E-state index is 13.0. The summed E-state index contributed by atoms with van der Waals surface area (Å²) in [5, 5.41) is 0. The Morgan fingerprint density at radius 1 is 1.11 bits per heavy atom. The molecule has 0 spiro atoms. The number of aromatic nitrogens is 2. The zero-order valence-electron chi connectivity index (χ0n) is 16.3. The van der Waals surface area contributed by atoms with Crippen LogP contribution in [0.2, 0.25) is 0 Å². The molecule has 0 aliphatic carbocycles. The summed E-state index contributed by atoms with van der Waals surface area (Å²) in [6.45, 7) is 8.23. The molecule has 0 fully saturated rings. The number of carbonyl (C=O) groups excluding carboxylic acids is 2. The number of imidazole rings is 1. The Morgan fingerprint density at radius 2 is 1.78 bits per heavy atom. The summed E-state index contributed by atoms with van der Waals surface area (Å²) in [5.41, 5.74) is 6.89. The van der Waals surface area contributed by atoms with Crippen molar-refractivity contribution in [2.45, 2.75) is 40.3 Å². The van der Waals surface area contributed by atoms with Crippen LogP contribution in [0.25, 0.3) is 11.4 Å². The van der Waals surface area contributed by atoms with E-state index in [4.69, 9.17) is 10.5 Å². The van der Waals surface area contributed by atoms with Crippen LogP contribution in [-0.4, -0.2) is 46.0 Å². The van der Waals surface area contributed by atoms with Crippen molar-refractivity contribution in [3.8, 4) is 11.4 Å². The lowest BCUT2D eigenvalue weighted by atomic mass is 10.0. The van der Waals surface area contributed by atoms with E-state index in [-0.39, 0.29) is 11.5 Å². The third kappa shape index (κ3) is 5.17. The zero-order valence-corrected chi connectivity index (χ0v) is 16.3. The van der Waals surface area contributed by atoms with E-state index in [1.807, 2.05) is 25.3 Å². The van der Waals surface area contributed by atoms with Gasteiger partial charge in [0.15, 0.2) is 0 Å². The van der Waals surface area contributed by atoms with Crippen molar-refractivity contribution < 1.29 is 14.3 Å². The van der Waals surface area contributed by atoms with Gasteiger partial charge in [-0.25, -0.2) is 4.98 Å². The first-order valence-electron chi connectivity index (χ1n) is 9.35. The van der Waals surface area contributed by atoms with Crippen molar-refractivity contribution in [1.29, 1.82) is 0 Å². The normalized spacial score (nSPS) is 10.8. The molecule has 0 saturated heterocycles. The number of nitrogens with two attached hydrogens (primary N) is 1. The van der Waals surface area contributed by atoms with Crippen LogP contribution in [-0.2, 0) is 11.5 Å². The van der Waals surface area contributed by atoms with Crippen LogP contribution in [0.3, 0.4) is 0 Å². The molecular weight excluding hydrogens is 344 g/mol. The molecule has 0 radical (unpaired) electrons. The first kappa shape index (κ1) is 20.6. The van der Waals surface area contributed by atoms with Crippen molar-refractivity contribution in [2.24, 2.45) is 5.73 Å². The molecule has 27 heavy (non-hydrogen) atoms. The van der Waals surface area contributed by atoms with E-state index in [9.17, 15) is 9.59 Å². The minimum atomic E-state index is -0.577. The molecule has 7 nitrogen and oxygen atoms in total. The molecule has 0 aliphatic rings. The summed E-state index contributed by atoms with van der Waals surface area (Å²) < 4.78 is 7.28. The Hall–Kier alpha value is -2.67. The van der Waals surface area contributed by atoms with Crippen LogP contribution in [0, 0.1) is 0 Å². The van der Waals surface area contributed by atoms with Gasteiger partial charge in [0.2, 0.25) is 5.91 Å². The van der Waals surface area contributed by atoms with Crippen molar-refractivity contribution in [2.75, 3.05) is 19.7 Å². The van der Waals surface area contributed by atoms with Gasteiger partial charge in [0, 0.05) is 48.8 Å². The van der Waals surface area contributed by atoms with Gasteiger partial charge in [0.05, 0.1) is 0 Å². The third-order valence-electron chi connectivity index (χ3n) is 4.15. The number of carbonyl (C=O) groups is 2. The first-order valence-corrected chi connectivity index (χ1v) is 9.35. The second-order valence-electron chi connectivity index (χ2n) is 6.30. The average Bonchev–Trinajstić information content (AvgIpc) is 3.13. The summed E-state index contributed by atoms with van der Waals surface area (Å²) in [7, 11) is 0. The van der Waals surface area contributed by atoms with Gasteiger partial charge in [-0.2, -0.15) is 0 Å². The van der Waals surface area contributed by atoms with Crippen molar-refractivity contribution in [1.82, 2.24) is 14.5 Å². The second-order valence-corrected chi connectivity index (χ2v) is 6.30. The Morgan fingerprint density at radius 3 is 2.37 bits per heavy atom. The number of nitrogens with zero attached hydrogens (tertiary/aromatic N) is 3. The maximum absolute atomic E-state index is 13.0. The average molecular weight is 372 g/mol. The van der Waals surface area contributed by atoms with Crippen LogP contribution in [0.1, 0.15) is 54.3 Å². The van der Waals surface area contributed by atoms with E-state index in [0.717, 1.165) is 12.8 Å². The lowest BCUT2D eigenvalue weighted by Gasteiger charge is -2.22. The largest absolute Gasteiger partial charge is 0.366 e. The molecule has 0 bridgehead atoms. The van der Waals surface area contributed by atoms with Gasteiger partial charge in [-0.1, -0.05) is 13.8 Å². The van der Waals surface area contributed by atoms with Gasteiger partial charge in [-0.3, -0.25) is 9.59 Å². The molecular formula is C20H28N4O3. The van der Waals surface area contributed by atoms with Crippen molar-refractivity contribution in [3.05, 3.63) is 41.7 Å². The predicted octanol–water partition coefficient (Wildman–Crippen LogP) is 2.91. The van der Waals surface area contributed by atoms with Crippen LogP contribution < -0.4 is 5.73 Å². The lowest BCUT2D eigenvalue weighted by molar-refractivity contribution is 0.0755. The Labute approximate surface area is 160 Å². The van der Waals surface area contributed by atoms with Gasteiger partial charge in [0.1, 0.15) is 12.6 Å². The number of ether oxygens (including phenoxy) is 1. The Balaban J connectivity index is 2.47. The maximum Gasteiger partial charge on any atom is 0.253 e. The fourth-order valence-electron chi connectivity index (χ4n) is 2.92. The van der Waals surface area contributed by atoms with Gasteiger partial charge < -0.3 is 19.9 Å². The van der Waals surface area contributed by atoms with E-state index >= 15 is 0 Å². The van der Waals surface area contributed by atoms with E-state index < -0.39 is 5.91 Å². The van der Waals surface area contributed by atoms with E-state index in [1.165, 1.54) is 0 Å². The number of hydrogen-bond donors (Lipinski definition) is 1. The van der Waals surface area contributed by atoms with Gasteiger partial charge in [0.25, 0.3) is 5.91 Å². The molecule has 2 N–H and O–H groups in total. The first-order chi connectivity index (χ1) is 13.0. The molecule has 2 rings (SSSR count). The van der Waals surface area contributed by atoms with E-state index in [2.05, 4.69) is 4.98 Å². The molecule has 1 heterocycles. The third-order valence-corrected chi connectivity index (χ3v) is 4.15. The number of hydrogen-bond acceptors (Lipinski definition) is 4. The fraction of sp³-hybridized carbons (Fsp3) is 0.450. The van der Waals surface area contributed by atoms with Crippen molar-refractivity contribution >= 4 is 11.8 Å². The highest BCUT2D eigenvalue weighted by molar-refractivity contribution is 6.00. The summed E-state index contributed by atoms with van der Waals surface area (Å²) in [4.78, 5) is 31.0. The number of rotatable bonds is 10. The highest BCUT2D eigenvalue weighted by Crippen LogP contribution is 2.22. The summed E-state index contributed by atoms with van der Waals surface area (Å²) in [6, 6.07) is 4.98. The quantitative estimate of drug-likeness (QED) is 0.694. The molecule has 1 aromatic carbocycles. The number of primary amides is 1. The number of benzene rings is 1. The van der Waals surface area contributed by atoms with Crippen LogP contribution >= 0.6 is 0 Å². The lowest BCUT2D eigenvalue weighted by Crippen LogP contribution is -2.32. The SMILES string of the molecule is CCCN(CCC)C(=O)c1cc(C(N)=O)cc(-c2nccn2COCC)c1. The van der Waals surface area contributed by atoms with Crippen molar-refractivity contribution in [3.63, 3.8) is 0 Å². The molecule has 0 atom stereocenters. The zero-order chi connectivity index (χ0) is 19.8. The van der Waals surface area contributed by atoms with Crippen LogP contribution in [0.4, 0.5) is 0 Å². The summed E-state index contributed by atoms with van der Waals surface area (Å²) in [5.74, 6) is -0.0598. The van der Waals surface area contributed by atoms with E-state index in [0.29, 0.717) is 43.4 Å².